The van der Waals surface area contributed by atoms with E-state index in [9.17, 15) is 9.90 Å². The fourth-order valence-corrected chi connectivity index (χ4v) is 4.93. The second-order valence-electron chi connectivity index (χ2n) is 12.0. The first kappa shape index (κ1) is 29.7. The molecule has 0 radical (unpaired) electrons. The molecule has 0 saturated heterocycles. The quantitative estimate of drug-likeness (QED) is 0.265. The molecule has 0 heterocycles. The lowest BCUT2D eigenvalue weighted by Crippen LogP contribution is -2.13. The third-order valence-electron chi connectivity index (χ3n) is 7.14. The van der Waals surface area contributed by atoms with Crippen LogP contribution in [0.4, 0.5) is 0 Å². The lowest BCUT2D eigenvalue weighted by Gasteiger charge is -2.29. The molecule has 0 unspecified atom stereocenters. The second kappa shape index (κ2) is 12.1. The fraction of sp³-hybridized carbons (Fsp3) is 0.545. The summed E-state index contributed by atoms with van der Waals surface area (Å²) in [7, 11) is 0. The van der Waals surface area contributed by atoms with Crippen LogP contribution >= 0.6 is 0 Å². The Bertz CT molecular complexity index is 962. The first-order chi connectivity index (χ1) is 16.7. The van der Waals surface area contributed by atoms with Gasteiger partial charge in [0.25, 0.3) is 5.95 Å². The summed E-state index contributed by atoms with van der Waals surface area (Å²) in [5.74, 6) is 1.30. The van der Waals surface area contributed by atoms with Crippen molar-refractivity contribution in [2.45, 2.75) is 119 Å². The smallest absolute Gasteiger partial charge is 0.300 e. The Balaban J connectivity index is 3.24. The number of aliphatic hydroxyl groups excluding tert-OH is 1. The molecule has 0 spiro atoms. The molecule has 3 nitrogen and oxygen atoms in total. The minimum Gasteiger partial charge on any atom is -0.480 e. The zero-order valence-electron chi connectivity index (χ0n) is 24.6. The normalized spacial score (nSPS) is 11.9. The molecule has 0 aliphatic carbocycles. The second-order valence-corrected chi connectivity index (χ2v) is 12.0. The largest absolute Gasteiger partial charge is 0.480 e. The molecule has 0 saturated carbocycles. The van der Waals surface area contributed by atoms with Crippen LogP contribution < -0.4 is 0 Å². The third-order valence-corrected chi connectivity index (χ3v) is 7.14. The number of rotatable bonds is 10. The first-order valence-corrected chi connectivity index (χ1v) is 13.6. The van der Waals surface area contributed by atoms with Gasteiger partial charge in [0.15, 0.2) is 0 Å². The fourth-order valence-electron chi connectivity index (χ4n) is 4.93. The zero-order chi connectivity index (χ0) is 27.5. The zero-order valence-corrected chi connectivity index (χ0v) is 24.6. The maximum absolute atomic E-state index is 11.5. The standard InChI is InChI=1S/C33H48O3/c1-18(2)24-13-26(20(5)6)30(27(14-24)21(7)8)32(33(35)36-17-34)31-28(22(9)10)15-25(19(3)4)16-29(31)23(11)12/h13-23,35H,1-12H3. The molecule has 0 aliphatic heterocycles. The molecule has 0 bridgehead atoms. The van der Waals surface area contributed by atoms with Crippen LogP contribution in [0.3, 0.4) is 0 Å². The average Bonchev–Trinajstić information content (AvgIpc) is 2.78. The van der Waals surface area contributed by atoms with Gasteiger partial charge in [-0.15, -0.1) is 0 Å². The van der Waals surface area contributed by atoms with E-state index in [1.54, 1.807) is 0 Å². The molecule has 0 atom stereocenters. The third kappa shape index (κ3) is 6.22. The monoisotopic (exact) mass is 492 g/mol. The maximum Gasteiger partial charge on any atom is 0.300 e. The van der Waals surface area contributed by atoms with Gasteiger partial charge in [0.2, 0.25) is 0 Å². The number of carbonyl (C=O) groups excluding carboxylic acids is 1. The number of aliphatic hydroxyl groups is 1. The van der Waals surface area contributed by atoms with Crippen LogP contribution in [0.5, 0.6) is 0 Å². The highest BCUT2D eigenvalue weighted by Crippen LogP contribution is 2.45. The van der Waals surface area contributed by atoms with E-state index >= 15 is 0 Å². The van der Waals surface area contributed by atoms with Crippen LogP contribution in [-0.2, 0) is 9.53 Å². The van der Waals surface area contributed by atoms with Gasteiger partial charge in [-0.1, -0.05) is 107 Å². The Hall–Kier alpha value is -2.55. The van der Waals surface area contributed by atoms with Gasteiger partial charge in [-0.3, -0.25) is 4.79 Å². The van der Waals surface area contributed by atoms with Crippen molar-refractivity contribution in [3.05, 3.63) is 74.7 Å². The molecule has 1 N–H and O–H groups in total. The summed E-state index contributed by atoms with van der Waals surface area (Å²) in [6.07, 6.45) is 0. The highest BCUT2D eigenvalue weighted by Gasteiger charge is 2.29. The molecule has 36 heavy (non-hydrogen) atoms. The highest BCUT2D eigenvalue weighted by atomic mass is 16.6. The van der Waals surface area contributed by atoms with E-state index in [4.69, 9.17) is 4.74 Å². The topological polar surface area (TPSA) is 46.5 Å². The average molecular weight is 493 g/mol. The molecule has 2 aromatic rings. The van der Waals surface area contributed by atoms with Crippen LogP contribution in [0.2, 0.25) is 0 Å². The number of hydrogen-bond donors (Lipinski definition) is 1. The lowest BCUT2D eigenvalue weighted by molar-refractivity contribution is -0.128. The molecule has 0 aliphatic rings. The first-order valence-electron chi connectivity index (χ1n) is 13.6. The van der Waals surface area contributed by atoms with Gasteiger partial charge in [0.1, 0.15) is 0 Å². The lowest BCUT2D eigenvalue weighted by atomic mass is 9.75. The predicted octanol–water partition coefficient (Wildman–Crippen LogP) is 9.87. The van der Waals surface area contributed by atoms with E-state index in [1.807, 2.05) is 0 Å². The molecular weight excluding hydrogens is 444 g/mol. The summed E-state index contributed by atoms with van der Waals surface area (Å²) in [6, 6.07) is 9.10. The van der Waals surface area contributed by atoms with E-state index in [0.717, 1.165) is 11.1 Å². The van der Waals surface area contributed by atoms with Crippen molar-refractivity contribution in [3.63, 3.8) is 0 Å². The molecule has 2 rings (SSSR count). The summed E-state index contributed by atoms with van der Waals surface area (Å²) >= 11 is 0. The Kier molecular flexibility index (Phi) is 10.00. The van der Waals surface area contributed by atoms with Crippen molar-refractivity contribution >= 4 is 12.0 Å². The molecule has 2 aromatic carbocycles. The van der Waals surface area contributed by atoms with Crippen molar-refractivity contribution in [1.82, 2.24) is 0 Å². The van der Waals surface area contributed by atoms with Gasteiger partial charge in [-0.05, 0) is 80.0 Å². The van der Waals surface area contributed by atoms with E-state index in [1.165, 1.54) is 33.4 Å². The van der Waals surface area contributed by atoms with Gasteiger partial charge >= 0.3 is 6.47 Å². The van der Waals surface area contributed by atoms with Gasteiger partial charge in [0.05, 0.1) is 5.57 Å². The predicted molar refractivity (Wildman–Crippen MR) is 153 cm³/mol. The van der Waals surface area contributed by atoms with Crippen molar-refractivity contribution in [2.75, 3.05) is 0 Å². The SMILES string of the molecule is CC(C)c1cc(C(C)C)c(C(=C(O)OC=O)c2c(C(C)C)cc(C(C)C)cc2C(C)C)c(C(C)C)c1. The molecular formula is C33H48O3. The highest BCUT2D eigenvalue weighted by molar-refractivity contribution is 5.88. The van der Waals surface area contributed by atoms with Crippen LogP contribution in [0.1, 0.15) is 163 Å². The van der Waals surface area contributed by atoms with Gasteiger partial charge in [0, 0.05) is 0 Å². The summed E-state index contributed by atoms with van der Waals surface area (Å²) in [4.78, 5) is 11.5. The minimum atomic E-state index is -0.327. The maximum atomic E-state index is 11.5. The van der Waals surface area contributed by atoms with Crippen LogP contribution in [0.15, 0.2) is 30.2 Å². The minimum absolute atomic E-state index is 0.218. The Morgan fingerprint density at radius 2 is 0.861 bits per heavy atom. The Labute approximate surface area is 220 Å². The molecule has 3 heteroatoms. The number of benzene rings is 2. The van der Waals surface area contributed by atoms with Crippen molar-refractivity contribution in [3.8, 4) is 0 Å². The number of carbonyl (C=O) groups is 1. The molecule has 0 fully saturated rings. The van der Waals surface area contributed by atoms with Crippen molar-refractivity contribution in [2.24, 2.45) is 0 Å². The van der Waals surface area contributed by atoms with Gasteiger partial charge in [-0.25, -0.2) is 0 Å². The molecule has 0 amide bonds. The van der Waals surface area contributed by atoms with E-state index in [2.05, 4.69) is 107 Å². The summed E-state index contributed by atoms with van der Waals surface area (Å²) < 4.78 is 5.26. The molecule has 0 aromatic heterocycles. The summed E-state index contributed by atoms with van der Waals surface area (Å²) in [5.41, 5.74) is 9.84. The van der Waals surface area contributed by atoms with Crippen LogP contribution in [0.25, 0.3) is 5.57 Å². The Morgan fingerprint density at radius 1 is 0.583 bits per heavy atom. The van der Waals surface area contributed by atoms with Crippen LogP contribution in [0, 0.1) is 0 Å². The van der Waals surface area contributed by atoms with Gasteiger partial charge < -0.3 is 9.84 Å². The van der Waals surface area contributed by atoms with Gasteiger partial charge in [-0.2, -0.15) is 0 Å². The van der Waals surface area contributed by atoms with Crippen LogP contribution in [-0.4, -0.2) is 11.6 Å². The van der Waals surface area contributed by atoms with E-state index in [0.29, 0.717) is 23.9 Å². The molecule has 198 valence electrons. The van der Waals surface area contributed by atoms with E-state index < -0.39 is 0 Å². The number of ether oxygens (including phenoxy) is 1. The van der Waals surface area contributed by atoms with Crippen molar-refractivity contribution < 1.29 is 14.6 Å². The Morgan fingerprint density at radius 3 is 1.06 bits per heavy atom. The summed E-state index contributed by atoms with van der Waals surface area (Å²) in [5, 5.41) is 11.4. The van der Waals surface area contributed by atoms with E-state index in [-0.39, 0.29) is 29.6 Å². The number of hydrogen-bond acceptors (Lipinski definition) is 3. The van der Waals surface area contributed by atoms with Crippen molar-refractivity contribution in [1.29, 1.82) is 0 Å². The summed E-state index contributed by atoms with van der Waals surface area (Å²) in [6.45, 7) is 26.7.